The molecule has 0 saturated carbocycles. The molecule has 0 aromatic heterocycles. The van der Waals surface area contributed by atoms with Crippen LogP contribution in [-0.4, -0.2) is 44.4 Å². The predicted molar refractivity (Wildman–Crippen MR) is 84.0 cm³/mol. The van der Waals surface area contributed by atoms with E-state index in [0.29, 0.717) is 6.54 Å². The molecule has 0 radical (unpaired) electrons. The van der Waals surface area contributed by atoms with Crippen molar-refractivity contribution in [3.05, 3.63) is 39.9 Å². The maximum atomic E-state index is 12.0. The molecule has 0 spiro atoms. The van der Waals surface area contributed by atoms with Gasteiger partial charge in [0.2, 0.25) is 10.0 Å². The van der Waals surface area contributed by atoms with Gasteiger partial charge in [0.15, 0.2) is 0 Å². The van der Waals surface area contributed by atoms with E-state index < -0.39 is 14.9 Å². The second-order valence-corrected chi connectivity index (χ2v) is 7.25. The molecular formula is C14H21N3O4S. The Labute approximate surface area is 130 Å². The Hall–Kier alpha value is -1.51. The maximum absolute atomic E-state index is 12.0. The summed E-state index contributed by atoms with van der Waals surface area (Å²) in [5, 5.41) is 10.9. The Morgan fingerprint density at radius 3 is 2.59 bits per heavy atom. The molecule has 1 fully saturated rings. The third kappa shape index (κ3) is 5.04. The molecule has 1 saturated heterocycles. The summed E-state index contributed by atoms with van der Waals surface area (Å²) in [6, 6.07) is 5.92. The fourth-order valence-corrected chi connectivity index (χ4v) is 3.81. The monoisotopic (exact) mass is 327 g/mol. The summed E-state index contributed by atoms with van der Waals surface area (Å²) in [6.45, 7) is 3.42. The summed E-state index contributed by atoms with van der Waals surface area (Å²) in [7, 11) is -3.56. The van der Waals surface area contributed by atoms with Crippen LogP contribution in [0, 0.1) is 10.1 Å². The average Bonchev–Trinajstić information content (AvgIpc) is 2.97. The van der Waals surface area contributed by atoms with Gasteiger partial charge in [0.05, 0.1) is 10.7 Å². The fraction of sp³-hybridized carbons (Fsp3) is 0.571. The van der Waals surface area contributed by atoms with Crippen LogP contribution in [-0.2, 0) is 15.8 Å². The summed E-state index contributed by atoms with van der Waals surface area (Å²) in [4.78, 5) is 12.7. The highest BCUT2D eigenvalue weighted by Gasteiger charge is 2.19. The SMILES string of the molecule is O=[N+]([O-])c1ccccc1CS(=O)(=O)NCCCN1CCCC1. The van der Waals surface area contributed by atoms with Gasteiger partial charge >= 0.3 is 0 Å². The van der Waals surface area contributed by atoms with Gasteiger partial charge < -0.3 is 4.90 Å². The van der Waals surface area contributed by atoms with Crippen LogP contribution in [0.2, 0.25) is 0 Å². The molecule has 2 rings (SSSR count). The number of benzene rings is 1. The Kier molecular flexibility index (Phi) is 5.87. The molecule has 0 bridgehead atoms. The summed E-state index contributed by atoms with van der Waals surface area (Å²) in [5.41, 5.74) is 0.0458. The highest BCUT2D eigenvalue weighted by atomic mass is 32.2. The van der Waals surface area contributed by atoms with E-state index in [0.717, 1.165) is 26.1 Å². The van der Waals surface area contributed by atoms with Gasteiger partial charge in [0, 0.05) is 18.2 Å². The predicted octanol–water partition coefficient (Wildman–Crippen LogP) is 1.50. The van der Waals surface area contributed by atoms with Crippen LogP contribution in [0.4, 0.5) is 5.69 Å². The van der Waals surface area contributed by atoms with Crippen molar-refractivity contribution < 1.29 is 13.3 Å². The van der Waals surface area contributed by atoms with Crippen molar-refractivity contribution in [3.8, 4) is 0 Å². The van der Waals surface area contributed by atoms with Crippen molar-refractivity contribution in [1.82, 2.24) is 9.62 Å². The highest BCUT2D eigenvalue weighted by Crippen LogP contribution is 2.19. The molecule has 1 aliphatic rings. The molecule has 8 heteroatoms. The smallest absolute Gasteiger partial charge is 0.273 e. The van der Waals surface area contributed by atoms with E-state index >= 15 is 0 Å². The van der Waals surface area contributed by atoms with Gasteiger partial charge in [0.1, 0.15) is 0 Å². The van der Waals surface area contributed by atoms with Crippen molar-refractivity contribution >= 4 is 15.7 Å². The number of rotatable bonds is 8. The number of hydrogen-bond donors (Lipinski definition) is 1. The van der Waals surface area contributed by atoms with Gasteiger partial charge in [-0.15, -0.1) is 0 Å². The molecule has 0 aliphatic carbocycles. The second kappa shape index (κ2) is 7.66. The molecule has 1 N–H and O–H groups in total. The standard InChI is InChI=1S/C14H21N3O4S/c18-17(19)14-7-2-1-6-13(14)12-22(20,21)15-8-5-11-16-9-3-4-10-16/h1-2,6-7,15H,3-5,8-12H2. The second-order valence-electron chi connectivity index (χ2n) is 5.44. The molecule has 122 valence electrons. The number of likely N-dealkylation sites (tertiary alicyclic amines) is 1. The van der Waals surface area contributed by atoms with Crippen molar-refractivity contribution in [2.24, 2.45) is 0 Å². The van der Waals surface area contributed by atoms with Gasteiger partial charge in [-0.1, -0.05) is 18.2 Å². The molecule has 1 aromatic carbocycles. The first-order chi connectivity index (χ1) is 10.5. The zero-order chi connectivity index (χ0) is 16.0. The lowest BCUT2D eigenvalue weighted by Gasteiger charge is -2.14. The van der Waals surface area contributed by atoms with Crippen molar-refractivity contribution in [2.75, 3.05) is 26.2 Å². The van der Waals surface area contributed by atoms with Crippen LogP contribution in [0.3, 0.4) is 0 Å². The normalized spacial score (nSPS) is 16.0. The first kappa shape index (κ1) is 16.9. The lowest BCUT2D eigenvalue weighted by atomic mass is 10.2. The summed E-state index contributed by atoms with van der Waals surface area (Å²) in [6.07, 6.45) is 3.17. The third-order valence-electron chi connectivity index (χ3n) is 3.71. The Balaban J connectivity index is 1.84. The average molecular weight is 327 g/mol. The first-order valence-electron chi connectivity index (χ1n) is 7.40. The highest BCUT2D eigenvalue weighted by molar-refractivity contribution is 7.88. The van der Waals surface area contributed by atoms with Gasteiger partial charge in [0.25, 0.3) is 5.69 Å². The number of nitrogens with zero attached hydrogens (tertiary/aromatic N) is 2. The zero-order valence-electron chi connectivity index (χ0n) is 12.4. The maximum Gasteiger partial charge on any atom is 0.273 e. The Morgan fingerprint density at radius 1 is 1.23 bits per heavy atom. The minimum atomic E-state index is -3.56. The molecular weight excluding hydrogens is 306 g/mol. The lowest BCUT2D eigenvalue weighted by molar-refractivity contribution is -0.385. The van der Waals surface area contributed by atoms with Crippen LogP contribution < -0.4 is 4.72 Å². The molecule has 0 atom stereocenters. The van der Waals surface area contributed by atoms with Crippen molar-refractivity contribution in [2.45, 2.75) is 25.0 Å². The van der Waals surface area contributed by atoms with E-state index in [-0.39, 0.29) is 17.0 Å². The third-order valence-corrected chi connectivity index (χ3v) is 5.04. The topological polar surface area (TPSA) is 92.5 Å². The zero-order valence-corrected chi connectivity index (χ0v) is 13.2. The van der Waals surface area contributed by atoms with Crippen LogP contribution in [0.5, 0.6) is 0 Å². The van der Waals surface area contributed by atoms with Crippen LogP contribution >= 0.6 is 0 Å². The fourth-order valence-electron chi connectivity index (χ4n) is 2.60. The van der Waals surface area contributed by atoms with Gasteiger partial charge in [-0.2, -0.15) is 0 Å². The number of para-hydroxylation sites is 1. The molecule has 0 unspecified atom stereocenters. The summed E-state index contributed by atoms with van der Waals surface area (Å²) >= 11 is 0. The van der Waals surface area contributed by atoms with Crippen molar-refractivity contribution in [1.29, 1.82) is 0 Å². The van der Waals surface area contributed by atoms with Crippen molar-refractivity contribution in [3.63, 3.8) is 0 Å². The molecule has 1 aromatic rings. The molecule has 1 aliphatic heterocycles. The van der Waals surface area contributed by atoms with E-state index in [2.05, 4.69) is 9.62 Å². The van der Waals surface area contributed by atoms with Gasteiger partial charge in [-0.3, -0.25) is 10.1 Å². The number of nitro benzene ring substituents is 1. The van der Waals surface area contributed by atoms with Crippen LogP contribution in [0.15, 0.2) is 24.3 Å². The minimum absolute atomic E-state index is 0.162. The van der Waals surface area contributed by atoms with Gasteiger partial charge in [-0.25, -0.2) is 13.1 Å². The van der Waals surface area contributed by atoms with E-state index in [9.17, 15) is 18.5 Å². The summed E-state index contributed by atoms with van der Waals surface area (Å²) < 4.78 is 26.6. The van der Waals surface area contributed by atoms with E-state index in [4.69, 9.17) is 0 Å². The molecule has 7 nitrogen and oxygen atoms in total. The van der Waals surface area contributed by atoms with Gasteiger partial charge in [-0.05, 0) is 38.9 Å². The Bertz CT molecular complexity index is 612. The minimum Gasteiger partial charge on any atom is -0.303 e. The Morgan fingerprint density at radius 2 is 1.91 bits per heavy atom. The number of hydrogen-bond acceptors (Lipinski definition) is 5. The number of nitro groups is 1. The molecule has 22 heavy (non-hydrogen) atoms. The first-order valence-corrected chi connectivity index (χ1v) is 9.05. The molecule has 1 heterocycles. The van der Waals surface area contributed by atoms with E-state index in [1.54, 1.807) is 6.07 Å². The molecule has 0 amide bonds. The van der Waals surface area contributed by atoms with Crippen LogP contribution in [0.1, 0.15) is 24.8 Å². The summed E-state index contributed by atoms with van der Waals surface area (Å²) in [5.74, 6) is -0.367. The largest absolute Gasteiger partial charge is 0.303 e. The van der Waals surface area contributed by atoms with E-state index in [1.807, 2.05) is 0 Å². The quantitative estimate of drug-likeness (QED) is 0.444. The number of sulfonamides is 1. The lowest BCUT2D eigenvalue weighted by Crippen LogP contribution is -2.29. The van der Waals surface area contributed by atoms with E-state index in [1.165, 1.54) is 31.0 Å². The van der Waals surface area contributed by atoms with Crippen LogP contribution in [0.25, 0.3) is 0 Å². The number of nitrogens with one attached hydrogen (secondary N) is 1.